The largest absolute Gasteiger partial charge is 0.381 e. The van der Waals surface area contributed by atoms with Gasteiger partial charge in [-0.15, -0.1) is 0 Å². The number of nitrogens with zero attached hydrogens (tertiary/aromatic N) is 4. The number of aryl methyl sites for hydroxylation is 1. The summed E-state index contributed by atoms with van der Waals surface area (Å²) < 4.78 is 2.08. The third-order valence-electron chi connectivity index (χ3n) is 8.51. The molecule has 47 heavy (non-hydrogen) atoms. The average molecular weight is 701 g/mol. The number of carbonyl (C=O) groups excluding carboxylic acids is 3. The van der Waals surface area contributed by atoms with Crippen LogP contribution in [0.2, 0.25) is 10.0 Å². The minimum absolute atomic E-state index is 0.0673. The van der Waals surface area contributed by atoms with Gasteiger partial charge in [0.2, 0.25) is 17.7 Å². The van der Waals surface area contributed by atoms with E-state index < -0.39 is 18.0 Å². The van der Waals surface area contributed by atoms with E-state index in [9.17, 15) is 14.4 Å². The van der Waals surface area contributed by atoms with Crippen molar-refractivity contribution in [2.24, 2.45) is 0 Å². The van der Waals surface area contributed by atoms with Crippen molar-refractivity contribution in [2.45, 2.75) is 89.0 Å². The minimum atomic E-state index is -0.839. The lowest BCUT2D eigenvalue weighted by Crippen LogP contribution is -2.74. The Kier molecular flexibility index (Phi) is 12.9. The van der Waals surface area contributed by atoms with Crippen molar-refractivity contribution in [3.63, 3.8) is 0 Å². The molecule has 1 N–H and O–H groups in total. The van der Waals surface area contributed by atoms with Gasteiger partial charge in [0.25, 0.3) is 0 Å². The van der Waals surface area contributed by atoms with Crippen LogP contribution in [-0.2, 0) is 20.8 Å². The number of halogens is 2. The van der Waals surface area contributed by atoms with E-state index in [0.29, 0.717) is 28.6 Å². The van der Waals surface area contributed by atoms with E-state index in [4.69, 9.17) is 23.2 Å². The molecule has 11 heteroatoms. The molecule has 2 aromatic carbocycles. The normalized spacial score (nSPS) is 21.5. The van der Waals surface area contributed by atoms with Crippen LogP contribution < -0.4 is 5.32 Å². The molecule has 3 aliphatic rings. The van der Waals surface area contributed by atoms with Gasteiger partial charge in [0.15, 0.2) is 0 Å². The Morgan fingerprint density at radius 2 is 1.81 bits per heavy atom. The molecule has 8 nitrogen and oxygen atoms in total. The van der Waals surface area contributed by atoms with Crippen LogP contribution in [0.4, 0.5) is 0 Å². The Morgan fingerprint density at radius 3 is 2.36 bits per heavy atom. The molecular formula is C36H47Cl2N5O3S. The van der Waals surface area contributed by atoms with Gasteiger partial charge < -0.3 is 20.0 Å². The van der Waals surface area contributed by atoms with Crippen LogP contribution in [-0.4, -0.2) is 88.2 Å². The first-order valence-electron chi connectivity index (χ1n) is 16.2. The summed E-state index contributed by atoms with van der Waals surface area (Å²) in [5.74, 6) is -0.732. The Morgan fingerprint density at radius 1 is 1.09 bits per heavy atom. The second kappa shape index (κ2) is 16.4. The summed E-state index contributed by atoms with van der Waals surface area (Å²) in [6.45, 7) is 12.3. The van der Waals surface area contributed by atoms with Gasteiger partial charge >= 0.3 is 0 Å². The molecule has 0 spiro atoms. The maximum Gasteiger partial charge on any atom is 0.248 e. The number of piperazine rings is 1. The molecule has 0 bridgehead atoms. The molecule has 3 atom stereocenters. The summed E-state index contributed by atoms with van der Waals surface area (Å²) >= 11 is 14.3. The van der Waals surface area contributed by atoms with E-state index in [1.165, 1.54) is 17.6 Å². The minimum Gasteiger partial charge on any atom is -0.381 e. The Bertz CT molecular complexity index is 1510. The molecule has 3 unspecified atom stereocenters. The molecule has 2 aliphatic heterocycles. The fraction of sp³-hybridized carbons (Fsp3) is 0.472. The van der Waals surface area contributed by atoms with Crippen molar-refractivity contribution in [2.75, 3.05) is 27.2 Å². The van der Waals surface area contributed by atoms with Crippen molar-refractivity contribution in [3.8, 4) is 0 Å². The molecule has 0 aromatic heterocycles. The maximum atomic E-state index is 14.0. The molecule has 0 radical (unpaired) electrons. The lowest BCUT2D eigenvalue weighted by atomic mass is 9.97. The fourth-order valence-electron chi connectivity index (χ4n) is 5.92. The predicted molar refractivity (Wildman–Crippen MR) is 192 cm³/mol. The number of hydrogen-bond acceptors (Lipinski definition) is 6. The SMILES string of the molecule is C=C(C)C(=O)NC1CN(Sc2ccc(C)cc2Cl)C2CN(C3CC3)C(=O)C(Cc3cccc(Cl)c3)N2C1=O.CC/C=C(\CC)N(C)C. The highest BCUT2D eigenvalue weighted by Crippen LogP contribution is 2.40. The van der Waals surface area contributed by atoms with Crippen LogP contribution in [0.1, 0.15) is 57.6 Å². The third kappa shape index (κ3) is 9.34. The molecule has 5 rings (SSSR count). The highest BCUT2D eigenvalue weighted by atomic mass is 35.5. The van der Waals surface area contributed by atoms with E-state index in [0.717, 1.165) is 41.7 Å². The number of rotatable bonds is 10. The van der Waals surface area contributed by atoms with Gasteiger partial charge in [-0.05, 0) is 86.9 Å². The van der Waals surface area contributed by atoms with Gasteiger partial charge in [-0.2, -0.15) is 0 Å². The molecule has 2 saturated heterocycles. The Balaban J connectivity index is 0.000000488. The third-order valence-corrected chi connectivity index (χ3v) is 10.4. The molecule has 1 aliphatic carbocycles. The first-order valence-corrected chi connectivity index (χ1v) is 17.8. The van der Waals surface area contributed by atoms with Crippen LogP contribution in [0.3, 0.4) is 0 Å². The van der Waals surface area contributed by atoms with E-state index in [-0.39, 0.29) is 30.6 Å². The maximum absolute atomic E-state index is 14.0. The van der Waals surface area contributed by atoms with Gasteiger partial charge in [0.05, 0.1) is 11.6 Å². The topological polar surface area (TPSA) is 76.2 Å². The van der Waals surface area contributed by atoms with E-state index in [1.807, 2.05) is 48.2 Å². The monoisotopic (exact) mass is 699 g/mol. The number of carbonyl (C=O) groups is 3. The lowest BCUT2D eigenvalue weighted by molar-refractivity contribution is -0.167. The molecule has 3 amide bonds. The van der Waals surface area contributed by atoms with Crippen molar-refractivity contribution in [1.82, 2.24) is 24.3 Å². The van der Waals surface area contributed by atoms with Gasteiger partial charge in [0.1, 0.15) is 18.2 Å². The molecule has 3 fully saturated rings. The average Bonchev–Trinajstić information content (AvgIpc) is 3.86. The van der Waals surface area contributed by atoms with E-state index in [1.54, 1.807) is 17.9 Å². The molecule has 254 valence electrons. The zero-order valence-corrected chi connectivity index (χ0v) is 30.6. The summed E-state index contributed by atoms with van der Waals surface area (Å²) in [7, 11) is 4.18. The zero-order valence-electron chi connectivity index (χ0n) is 28.3. The molecule has 1 saturated carbocycles. The predicted octanol–water partition coefficient (Wildman–Crippen LogP) is 6.71. The zero-order chi connectivity index (χ0) is 34.4. The summed E-state index contributed by atoms with van der Waals surface area (Å²) in [4.78, 5) is 47.0. The Labute approximate surface area is 294 Å². The van der Waals surface area contributed by atoms with Crippen LogP contribution >= 0.6 is 35.1 Å². The number of hydrogen-bond donors (Lipinski definition) is 1. The number of nitrogens with one attached hydrogen (secondary N) is 1. The number of allylic oxidation sites excluding steroid dienone is 2. The summed E-state index contributed by atoms with van der Waals surface area (Å²) in [5.41, 5.74) is 3.66. The summed E-state index contributed by atoms with van der Waals surface area (Å²) in [6, 6.07) is 11.9. The molecule has 2 aromatic rings. The van der Waals surface area contributed by atoms with Crippen LogP contribution in [0, 0.1) is 6.92 Å². The van der Waals surface area contributed by atoms with E-state index in [2.05, 4.69) is 55.1 Å². The quantitative estimate of drug-likeness (QED) is 0.220. The van der Waals surface area contributed by atoms with Gasteiger partial charge in [0, 0.05) is 54.3 Å². The highest BCUT2D eigenvalue weighted by Gasteiger charge is 2.53. The van der Waals surface area contributed by atoms with Crippen LogP contribution in [0.25, 0.3) is 0 Å². The first-order chi connectivity index (χ1) is 22.3. The fourth-order valence-corrected chi connectivity index (χ4v) is 7.51. The van der Waals surface area contributed by atoms with Crippen molar-refractivity contribution < 1.29 is 14.4 Å². The molecule has 2 heterocycles. The standard InChI is InChI=1S/C28H30Cl2N4O3S.C8H17N/c1-16(2)26(35)31-22-14-33(38-24-10-7-17(3)11-21(24)30)25-15-32(20-8-9-20)28(37)23(34(25)27(22)36)13-18-5-4-6-19(29)12-18;1-5-7-8(6-2)9(3)4/h4-7,10-12,20,22-23,25H,1,8-9,13-15H2,2-3H3,(H,31,35);7H,5-6H2,1-4H3/b;8-7+. The van der Waals surface area contributed by atoms with Gasteiger partial charge in [-0.25, -0.2) is 4.31 Å². The van der Waals surface area contributed by atoms with Crippen molar-refractivity contribution in [1.29, 1.82) is 0 Å². The summed E-state index contributed by atoms with van der Waals surface area (Å²) in [5, 5.41) is 4.02. The van der Waals surface area contributed by atoms with Gasteiger partial charge in [-0.1, -0.05) is 67.9 Å². The Hall–Kier alpha value is -2.98. The summed E-state index contributed by atoms with van der Waals surface area (Å²) in [6.07, 6.45) is 6.41. The first kappa shape index (κ1) is 36.8. The highest BCUT2D eigenvalue weighted by molar-refractivity contribution is 7.97. The second-order valence-corrected chi connectivity index (χ2v) is 14.5. The smallest absolute Gasteiger partial charge is 0.248 e. The van der Waals surface area contributed by atoms with Crippen molar-refractivity contribution in [3.05, 3.63) is 87.6 Å². The number of fused-ring (bicyclic) bond motifs is 1. The van der Waals surface area contributed by atoms with Crippen LogP contribution in [0.15, 0.2) is 71.3 Å². The second-order valence-electron chi connectivity index (χ2n) is 12.6. The number of benzene rings is 2. The van der Waals surface area contributed by atoms with Gasteiger partial charge in [-0.3, -0.25) is 14.4 Å². The van der Waals surface area contributed by atoms with Crippen molar-refractivity contribution >= 4 is 52.9 Å². The lowest BCUT2D eigenvalue weighted by Gasteiger charge is -2.53. The van der Waals surface area contributed by atoms with E-state index >= 15 is 0 Å². The van der Waals surface area contributed by atoms with Crippen LogP contribution in [0.5, 0.6) is 0 Å². The molecular weight excluding hydrogens is 653 g/mol. The number of amides is 3.